The van der Waals surface area contributed by atoms with E-state index in [0.29, 0.717) is 15.6 Å². The van der Waals surface area contributed by atoms with Crippen LogP contribution >= 0.6 is 23.2 Å². The second-order valence-electron chi connectivity index (χ2n) is 2.58. The molecule has 4 heteroatoms. The Morgan fingerprint density at radius 3 is 2.27 bits per heavy atom. The number of benzene rings is 1. The topological polar surface area (TPSA) is 26.3 Å². The first-order valence-electron chi connectivity index (χ1n) is 4.60. The van der Waals surface area contributed by atoms with E-state index in [1.807, 2.05) is 13.8 Å². The molecule has 15 heavy (non-hydrogen) atoms. The van der Waals surface area contributed by atoms with Gasteiger partial charge in [0.25, 0.3) is 0 Å². The summed E-state index contributed by atoms with van der Waals surface area (Å²) >= 11 is 11.6. The summed E-state index contributed by atoms with van der Waals surface area (Å²) in [4.78, 5) is 11.2. The van der Waals surface area contributed by atoms with Gasteiger partial charge in [-0.15, -0.1) is 0 Å². The number of rotatable bonds is 1. The fourth-order valence-corrected chi connectivity index (χ4v) is 1.44. The van der Waals surface area contributed by atoms with Crippen LogP contribution in [0.4, 0.5) is 0 Å². The minimum atomic E-state index is -0.476. The lowest BCUT2D eigenvalue weighted by molar-refractivity contribution is 0.0601. The number of carbonyl (C=O) groups excluding carboxylic acids is 1. The summed E-state index contributed by atoms with van der Waals surface area (Å²) in [5.74, 6) is -0.476. The summed E-state index contributed by atoms with van der Waals surface area (Å²) in [6.45, 7) is 5.78. The Hall–Kier alpha value is -0.730. The van der Waals surface area contributed by atoms with Crippen molar-refractivity contribution in [2.45, 2.75) is 20.8 Å². The fourth-order valence-electron chi connectivity index (χ4n) is 0.984. The van der Waals surface area contributed by atoms with Gasteiger partial charge in [0.2, 0.25) is 0 Å². The predicted octanol–water partition coefficient (Wildman–Crippen LogP) is 4.11. The number of ether oxygens (including phenoxy) is 1. The van der Waals surface area contributed by atoms with Gasteiger partial charge in [0.05, 0.1) is 17.7 Å². The van der Waals surface area contributed by atoms with Gasteiger partial charge in [-0.05, 0) is 24.6 Å². The van der Waals surface area contributed by atoms with E-state index in [-0.39, 0.29) is 0 Å². The molecule has 0 aliphatic carbocycles. The second kappa shape index (κ2) is 6.70. The highest BCUT2D eigenvalue weighted by Gasteiger charge is 2.13. The Labute approximate surface area is 100 Å². The van der Waals surface area contributed by atoms with Crippen LogP contribution in [0.2, 0.25) is 10.0 Å². The molecule has 0 unspecified atom stereocenters. The van der Waals surface area contributed by atoms with Crippen LogP contribution in [-0.4, -0.2) is 13.1 Å². The first-order chi connectivity index (χ1) is 7.06. The third-order valence-corrected chi connectivity index (χ3v) is 2.34. The molecule has 0 saturated carbocycles. The Kier molecular flexibility index (Phi) is 6.37. The molecule has 0 aromatic heterocycles. The second-order valence-corrected chi connectivity index (χ2v) is 3.39. The van der Waals surface area contributed by atoms with Crippen LogP contribution in [0.1, 0.15) is 29.8 Å². The Bertz CT molecular complexity index is 349. The highest BCUT2D eigenvalue weighted by atomic mass is 35.5. The normalized spacial score (nSPS) is 8.93. The molecule has 0 aliphatic heterocycles. The minimum absolute atomic E-state index is 0.300. The minimum Gasteiger partial charge on any atom is -0.465 e. The molecule has 84 valence electrons. The van der Waals surface area contributed by atoms with Crippen LogP contribution in [0.5, 0.6) is 0 Å². The molecule has 0 fully saturated rings. The zero-order chi connectivity index (χ0) is 12.0. The predicted molar refractivity (Wildman–Crippen MR) is 63.9 cm³/mol. The molecule has 2 nitrogen and oxygen atoms in total. The van der Waals surface area contributed by atoms with Crippen molar-refractivity contribution in [3.8, 4) is 0 Å². The summed E-state index contributed by atoms with van der Waals surface area (Å²) in [5.41, 5.74) is 1.06. The molecule has 0 bridgehead atoms. The Morgan fingerprint density at radius 1 is 1.27 bits per heavy atom. The number of halogens is 2. The third kappa shape index (κ3) is 3.73. The average Bonchev–Trinajstić information content (AvgIpc) is 2.25. The van der Waals surface area contributed by atoms with Crippen LogP contribution in [0, 0.1) is 6.92 Å². The number of methoxy groups -OCH3 is 1. The lowest BCUT2D eigenvalue weighted by Crippen LogP contribution is -2.02. The summed E-state index contributed by atoms with van der Waals surface area (Å²) in [5, 5.41) is 0.860. The number of hydrogen-bond acceptors (Lipinski definition) is 2. The molecule has 0 atom stereocenters. The maximum absolute atomic E-state index is 11.2. The summed E-state index contributed by atoms with van der Waals surface area (Å²) < 4.78 is 4.55. The summed E-state index contributed by atoms with van der Waals surface area (Å²) in [6, 6.07) is 3.18. The van der Waals surface area contributed by atoms with Crippen LogP contribution < -0.4 is 0 Å². The largest absolute Gasteiger partial charge is 0.465 e. The van der Waals surface area contributed by atoms with Crippen molar-refractivity contribution in [3.05, 3.63) is 33.3 Å². The van der Waals surface area contributed by atoms with E-state index in [4.69, 9.17) is 23.2 Å². The van der Waals surface area contributed by atoms with Gasteiger partial charge in [-0.25, -0.2) is 4.79 Å². The van der Waals surface area contributed by atoms with E-state index < -0.39 is 5.97 Å². The monoisotopic (exact) mass is 248 g/mol. The molecule has 1 aromatic carbocycles. The molecule has 0 amide bonds. The van der Waals surface area contributed by atoms with E-state index >= 15 is 0 Å². The van der Waals surface area contributed by atoms with Crippen molar-refractivity contribution in [3.63, 3.8) is 0 Å². The Balaban J connectivity index is 0.000000921. The van der Waals surface area contributed by atoms with E-state index in [1.165, 1.54) is 13.2 Å². The molecule has 0 heterocycles. The number of carbonyl (C=O) groups is 1. The molecule has 0 spiro atoms. The highest BCUT2D eigenvalue weighted by molar-refractivity contribution is 6.36. The van der Waals surface area contributed by atoms with Gasteiger partial charge in [-0.3, -0.25) is 0 Å². The van der Waals surface area contributed by atoms with Crippen molar-refractivity contribution in [2.75, 3.05) is 7.11 Å². The highest BCUT2D eigenvalue weighted by Crippen LogP contribution is 2.25. The van der Waals surface area contributed by atoms with E-state index in [0.717, 1.165) is 5.56 Å². The van der Waals surface area contributed by atoms with Crippen molar-refractivity contribution in [1.82, 2.24) is 0 Å². The zero-order valence-electron chi connectivity index (χ0n) is 9.23. The number of aryl methyl sites for hydroxylation is 1. The molecule has 0 N–H and O–H groups in total. The Morgan fingerprint density at radius 2 is 1.80 bits per heavy atom. The standard InChI is InChI=1S/C9H8Cl2O2.C2H6/c1-5-3-6(10)4-7(8(5)11)9(12)13-2;1-2/h3-4H,1-2H3;1-2H3. The van der Waals surface area contributed by atoms with Crippen molar-refractivity contribution < 1.29 is 9.53 Å². The van der Waals surface area contributed by atoms with Crippen molar-refractivity contribution in [2.24, 2.45) is 0 Å². The first kappa shape index (κ1) is 14.3. The molecule has 0 radical (unpaired) electrons. The molecular weight excluding hydrogens is 235 g/mol. The summed E-state index contributed by atoms with van der Waals surface area (Å²) in [7, 11) is 1.30. The van der Waals surface area contributed by atoms with Gasteiger partial charge in [-0.2, -0.15) is 0 Å². The van der Waals surface area contributed by atoms with Crippen LogP contribution in [0.15, 0.2) is 12.1 Å². The SMILES string of the molecule is CC.COC(=O)c1cc(Cl)cc(C)c1Cl. The van der Waals surface area contributed by atoms with Gasteiger partial charge in [0.15, 0.2) is 0 Å². The summed E-state index contributed by atoms with van der Waals surface area (Å²) in [6.07, 6.45) is 0. The van der Waals surface area contributed by atoms with Gasteiger partial charge >= 0.3 is 5.97 Å². The van der Waals surface area contributed by atoms with E-state index in [9.17, 15) is 4.79 Å². The lowest BCUT2D eigenvalue weighted by Gasteiger charge is -2.05. The van der Waals surface area contributed by atoms with E-state index in [1.54, 1.807) is 13.0 Å². The quantitative estimate of drug-likeness (QED) is 0.700. The fraction of sp³-hybridized carbons (Fsp3) is 0.364. The first-order valence-corrected chi connectivity index (χ1v) is 5.36. The molecule has 1 rings (SSSR count). The smallest absolute Gasteiger partial charge is 0.339 e. The van der Waals surface area contributed by atoms with Gasteiger partial charge in [0, 0.05) is 5.02 Å². The molecule has 0 aliphatic rings. The maximum Gasteiger partial charge on any atom is 0.339 e. The zero-order valence-corrected chi connectivity index (χ0v) is 10.7. The van der Waals surface area contributed by atoms with Gasteiger partial charge < -0.3 is 4.74 Å². The van der Waals surface area contributed by atoms with Crippen molar-refractivity contribution >= 4 is 29.2 Å². The maximum atomic E-state index is 11.2. The van der Waals surface area contributed by atoms with Gasteiger partial charge in [0.1, 0.15) is 0 Å². The van der Waals surface area contributed by atoms with E-state index in [2.05, 4.69) is 4.74 Å². The lowest BCUT2D eigenvalue weighted by atomic mass is 10.1. The third-order valence-electron chi connectivity index (χ3n) is 1.62. The average molecular weight is 249 g/mol. The number of hydrogen-bond donors (Lipinski definition) is 0. The van der Waals surface area contributed by atoms with Crippen LogP contribution in [0.3, 0.4) is 0 Å². The molecular formula is C11H14Cl2O2. The number of esters is 1. The van der Waals surface area contributed by atoms with Crippen molar-refractivity contribution in [1.29, 1.82) is 0 Å². The molecule has 1 aromatic rings. The van der Waals surface area contributed by atoms with Crippen LogP contribution in [-0.2, 0) is 4.74 Å². The van der Waals surface area contributed by atoms with Crippen LogP contribution in [0.25, 0.3) is 0 Å². The molecule has 0 saturated heterocycles. The van der Waals surface area contributed by atoms with Gasteiger partial charge in [-0.1, -0.05) is 37.0 Å².